The zero-order chi connectivity index (χ0) is 27.7. The third-order valence-corrected chi connectivity index (χ3v) is 5.62. The first-order chi connectivity index (χ1) is 17.6. The van der Waals surface area contributed by atoms with Gasteiger partial charge in [0.2, 0.25) is 5.91 Å². The van der Waals surface area contributed by atoms with Gasteiger partial charge in [0.1, 0.15) is 25.4 Å². The number of hydrogen-bond acceptors (Lipinski definition) is 11. The Balaban J connectivity index is 2.37. The van der Waals surface area contributed by atoms with Crippen molar-refractivity contribution in [3.8, 4) is 0 Å². The Hall–Kier alpha value is -2.84. The maximum atomic E-state index is 12.2. The molecule has 5 N–H and O–H groups in total. The molecule has 0 aliphatic rings. The van der Waals surface area contributed by atoms with Gasteiger partial charge >= 0.3 is 25.7 Å². The van der Waals surface area contributed by atoms with Gasteiger partial charge in [0, 0.05) is 45.0 Å². The number of aromatic nitrogens is 2. The second kappa shape index (κ2) is 17.6. The molecule has 0 aliphatic carbocycles. The number of carboxylic acids is 1. The lowest BCUT2D eigenvalue weighted by molar-refractivity contribution is -0.152. The van der Waals surface area contributed by atoms with Gasteiger partial charge in [-0.3, -0.25) is 23.4 Å². The second-order valence-corrected chi connectivity index (χ2v) is 9.13. The van der Waals surface area contributed by atoms with Crippen molar-refractivity contribution in [2.75, 3.05) is 32.9 Å². The number of imidazole rings is 1. The van der Waals surface area contributed by atoms with Crippen LogP contribution in [0.5, 0.6) is 0 Å². The van der Waals surface area contributed by atoms with E-state index >= 15 is 0 Å². The lowest BCUT2D eigenvalue weighted by Crippen LogP contribution is -2.43. The summed E-state index contributed by atoms with van der Waals surface area (Å²) in [5.74, 6) is -2.80. The lowest BCUT2D eigenvalue weighted by Gasteiger charge is -2.20. The quantitative estimate of drug-likeness (QED) is 0.0840. The fourth-order valence-corrected chi connectivity index (χ4v) is 3.60. The minimum Gasteiger partial charge on any atom is -0.480 e. The van der Waals surface area contributed by atoms with Crippen molar-refractivity contribution in [2.24, 2.45) is 0 Å². The molecule has 3 atom stereocenters. The predicted molar refractivity (Wildman–Crippen MR) is 127 cm³/mol. The zero-order valence-corrected chi connectivity index (χ0v) is 21.7. The molecular formula is C21H35N4O11P. The van der Waals surface area contributed by atoms with Gasteiger partial charge in [-0.15, -0.1) is 0 Å². The standard InChI is InChI=1S/C21H35N4O11P/c1-3-5-20(28)34-13-16(12-33-19(27)4-2)36-37(31,32)35-9-8-22-7-6-18(26)25-17(21(29)30)10-15-11-23-14-24-15/h11,14,16-17,22H,3-10,12-13H2,1-2H3,(H,23,24)(H,25,26)(H,29,30)(H,31,32). The average Bonchev–Trinajstić information content (AvgIpc) is 3.35. The number of carboxylic acid groups (broad SMARTS) is 1. The van der Waals surface area contributed by atoms with Crippen LogP contribution in [0.4, 0.5) is 0 Å². The molecule has 0 bridgehead atoms. The van der Waals surface area contributed by atoms with E-state index in [1.165, 1.54) is 12.5 Å². The maximum Gasteiger partial charge on any atom is 0.472 e. The van der Waals surface area contributed by atoms with E-state index in [0.29, 0.717) is 12.1 Å². The first-order valence-electron chi connectivity index (χ1n) is 11.7. The highest BCUT2D eigenvalue weighted by molar-refractivity contribution is 7.47. The van der Waals surface area contributed by atoms with Crippen LogP contribution in [0.15, 0.2) is 12.5 Å². The van der Waals surface area contributed by atoms with Crippen molar-refractivity contribution < 1.29 is 52.3 Å². The average molecular weight is 551 g/mol. The van der Waals surface area contributed by atoms with Crippen LogP contribution in [0.1, 0.15) is 45.2 Å². The summed E-state index contributed by atoms with van der Waals surface area (Å²) in [5.41, 5.74) is 0.489. The largest absolute Gasteiger partial charge is 0.480 e. The molecule has 1 amide bonds. The molecule has 1 rings (SSSR count). The minimum absolute atomic E-state index is 0.0219. The Kier molecular flexibility index (Phi) is 15.3. The highest BCUT2D eigenvalue weighted by Gasteiger charge is 2.28. The normalized spacial score (nSPS) is 14.2. The van der Waals surface area contributed by atoms with Gasteiger partial charge in [0.05, 0.1) is 18.6 Å². The van der Waals surface area contributed by atoms with E-state index < -0.39 is 57.0 Å². The van der Waals surface area contributed by atoms with Crippen LogP contribution in [0.3, 0.4) is 0 Å². The Labute approximate surface area is 214 Å². The number of hydrogen-bond donors (Lipinski definition) is 5. The molecule has 0 aliphatic heterocycles. The summed E-state index contributed by atoms with van der Waals surface area (Å²) in [6, 6.07) is -1.14. The van der Waals surface area contributed by atoms with Gasteiger partial charge in [0.15, 0.2) is 0 Å². The van der Waals surface area contributed by atoms with Crippen molar-refractivity contribution in [2.45, 2.75) is 58.1 Å². The first-order valence-corrected chi connectivity index (χ1v) is 13.2. The van der Waals surface area contributed by atoms with Crippen LogP contribution in [-0.2, 0) is 48.7 Å². The molecule has 0 aromatic carbocycles. The number of amides is 1. The van der Waals surface area contributed by atoms with E-state index in [2.05, 4.69) is 20.6 Å². The number of nitrogens with zero attached hydrogens (tertiary/aromatic N) is 1. The summed E-state index contributed by atoms with van der Waals surface area (Å²) in [7, 11) is -4.59. The first kappa shape index (κ1) is 32.2. The minimum atomic E-state index is -4.59. The lowest BCUT2D eigenvalue weighted by atomic mass is 10.1. The zero-order valence-electron chi connectivity index (χ0n) is 20.8. The molecule has 0 saturated carbocycles. The number of carbonyl (C=O) groups excluding carboxylic acids is 3. The van der Waals surface area contributed by atoms with Crippen LogP contribution in [-0.4, -0.2) is 88.8 Å². The third kappa shape index (κ3) is 15.1. The Morgan fingerprint density at radius 2 is 1.81 bits per heavy atom. The highest BCUT2D eigenvalue weighted by Crippen LogP contribution is 2.44. The number of rotatable bonds is 20. The molecule has 16 heteroatoms. The molecule has 210 valence electrons. The number of H-pyrrole nitrogens is 1. The monoisotopic (exact) mass is 550 g/mol. The van der Waals surface area contributed by atoms with Crippen LogP contribution in [0.25, 0.3) is 0 Å². The van der Waals surface area contributed by atoms with Crippen molar-refractivity contribution in [3.05, 3.63) is 18.2 Å². The molecule has 0 spiro atoms. The number of nitrogens with one attached hydrogen (secondary N) is 3. The third-order valence-electron chi connectivity index (χ3n) is 4.55. The second-order valence-electron chi connectivity index (χ2n) is 7.72. The SMILES string of the molecule is CCCC(=O)OCC(COC(=O)CC)OP(=O)(O)OCCNCCC(=O)NC(Cc1c[nH]cn1)C(=O)O. The fraction of sp³-hybridized carbons (Fsp3) is 0.667. The van der Waals surface area contributed by atoms with E-state index in [9.17, 15) is 33.7 Å². The Morgan fingerprint density at radius 3 is 2.41 bits per heavy atom. The number of aliphatic carboxylic acids is 1. The van der Waals surface area contributed by atoms with Crippen LogP contribution in [0.2, 0.25) is 0 Å². The highest BCUT2D eigenvalue weighted by atomic mass is 31.2. The molecule has 1 aromatic rings. The van der Waals surface area contributed by atoms with Gasteiger partial charge < -0.3 is 35.1 Å². The molecule has 1 aromatic heterocycles. The maximum absolute atomic E-state index is 12.2. The summed E-state index contributed by atoms with van der Waals surface area (Å²) >= 11 is 0. The molecular weight excluding hydrogens is 515 g/mol. The van der Waals surface area contributed by atoms with Gasteiger partial charge in [0.25, 0.3) is 0 Å². The molecule has 0 saturated heterocycles. The van der Waals surface area contributed by atoms with Crippen LogP contribution >= 0.6 is 7.82 Å². The number of carbonyl (C=O) groups is 4. The molecule has 3 unspecified atom stereocenters. The van der Waals surface area contributed by atoms with Gasteiger partial charge in [-0.2, -0.15) is 0 Å². The van der Waals surface area contributed by atoms with Gasteiger partial charge in [-0.1, -0.05) is 13.8 Å². The Morgan fingerprint density at radius 1 is 1.11 bits per heavy atom. The summed E-state index contributed by atoms with van der Waals surface area (Å²) < 4.78 is 32.0. The van der Waals surface area contributed by atoms with Crippen LogP contribution in [0, 0.1) is 0 Å². The summed E-state index contributed by atoms with van der Waals surface area (Å²) in [5, 5.41) is 14.5. The van der Waals surface area contributed by atoms with E-state index in [1.807, 2.05) is 0 Å². The summed E-state index contributed by atoms with van der Waals surface area (Å²) in [6.07, 6.45) is 2.48. The molecule has 1 heterocycles. The summed E-state index contributed by atoms with van der Waals surface area (Å²) in [6.45, 7) is 2.47. The molecule has 15 nitrogen and oxygen atoms in total. The van der Waals surface area contributed by atoms with Gasteiger partial charge in [-0.05, 0) is 6.42 Å². The number of aromatic amines is 1. The predicted octanol–water partition coefficient (Wildman–Crippen LogP) is 0.300. The number of phosphoric ester groups is 1. The van der Waals surface area contributed by atoms with Crippen molar-refractivity contribution in [1.82, 2.24) is 20.6 Å². The molecule has 37 heavy (non-hydrogen) atoms. The Bertz CT molecular complexity index is 897. The molecule has 0 fully saturated rings. The van der Waals surface area contributed by atoms with E-state index in [0.717, 1.165) is 0 Å². The summed E-state index contributed by atoms with van der Waals surface area (Å²) in [4.78, 5) is 62.9. The number of ether oxygens (including phenoxy) is 2. The van der Waals surface area contributed by atoms with Crippen molar-refractivity contribution >= 4 is 31.6 Å². The van der Waals surface area contributed by atoms with E-state index in [-0.39, 0.29) is 45.4 Å². The van der Waals surface area contributed by atoms with E-state index in [1.54, 1.807) is 13.8 Å². The fourth-order valence-electron chi connectivity index (χ4n) is 2.72. The van der Waals surface area contributed by atoms with Gasteiger partial charge in [-0.25, -0.2) is 14.3 Å². The topological polar surface area (TPSA) is 215 Å². The van der Waals surface area contributed by atoms with Crippen molar-refractivity contribution in [1.29, 1.82) is 0 Å². The van der Waals surface area contributed by atoms with Crippen molar-refractivity contribution in [3.63, 3.8) is 0 Å². The molecule has 0 radical (unpaired) electrons. The number of phosphoric acid groups is 1. The van der Waals surface area contributed by atoms with Crippen LogP contribution < -0.4 is 10.6 Å². The number of esters is 2. The van der Waals surface area contributed by atoms with E-state index in [4.69, 9.17) is 18.5 Å². The smallest absolute Gasteiger partial charge is 0.472 e.